The maximum Gasteiger partial charge on any atom is 0.138 e. The predicted octanol–water partition coefficient (Wildman–Crippen LogP) is 4.28. The van der Waals surface area contributed by atoms with Crippen molar-refractivity contribution in [3.8, 4) is 5.75 Å². The van der Waals surface area contributed by atoms with E-state index in [-0.39, 0.29) is 12.4 Å². The molecule has 0 atom stereocenters. The summed E-state index contributed by atoms with van der Waals surface area (Å²) < 4.78 is 19.9. The van der Waals surface area contributed by atoms with Gasteiger partial charge in [-0.2, -0.15) is 0 Å². The first kappa shape index (κ1) is 14.3. The Morgan fingerprint density at radius 3 is 2.68 bits per heavy atom. The van der Waals surface area contributed by atoms with Crippen molar-refractivity contribution in [2.24, 2.45) is 5.73 Å². The smallest absolute Gasteiger partial charge is 0.138 e. The fourth-order valence-corrected chi connectivity index (χ4v) is 2.26. The summed E-state index contributed by atoms with van der Waals surface area (Å²) in [5, 5.41) is 0.471. The standard InChI is InChI=1S/C14H12BrClFNO/c15-11-2-3-13(17)10(6-11)8-19-14-4-1-9(7-18)5-12(14)16/h1-6H,7-8,18H2. The number of hydrogen-bond donors (Lipinski definition) is 1. The third kappa shape index (κ3) is 3.69. The van der Waals surface area contributed by atoms with Crippen molar-refractivity contribution < 1.29 is 9.13 Å². The molecular weight excluding hydrogens is 333 g/mol. The molecule has 0 saturated carbocycles. The van der Waals surface area contributed by atoms with Crippen molar-refractivity contribution >= 4 is 27.5 Å². The van der Waals surface area contributed by atoms with E-state index in [9.17, 15) is 4.39 Å². The normalized spacial score (nSPS) is 10.5. The molecule has 0 heterocycles. The lowest BCUT2D eigenvalue weighted by atomic mass is 10.2. The second-order valence-electron chi connectivity index (χ2n) is 3.99. The van der Waals surface area contributed by atoms with Gasteiger partial charge in [0.1, 0.15) is 18.2 Å². The van der Waals surface area contributed by atoms with E-state index in [1.165, 1.54) is 6.07 Å². The number of ether oxygens (including phenoxy) is 1. The molecule has 2 rings (SSSR count). The molecule has 5 heteroatoms. The van der Waals surface area contributed by atoms with Crippen molar-refractivity contribution in [2.45, 2.75) is 13.2 Å². The van der Waals surface area contributed by atoms with E-state index in [2.05, 4.69) is 15.9 Å². The summed E-state index contributed by atoms with van der Waals surface area (Å²) in [5.41, 5.74) is 6.90. The minimum atomic E-state index is -0.307. The number of nitrogens with two attached hydrogens (primary N) is 1. The number of hydrogen-bond acceptors (Lipinski definition) is 2. The highest BCUT2D eigenvalue weighted by Gasteiger charge is 2.06. The highest BCUT2D eigenvalue weighted by molar-refractivity contribution is 9.10. The Morgan fingerprint density at radius 2 is 2.00 bits per heavy atom. The van der Waals surface area contributed by atoms with Crippen LogP contribution in [0.3, 0.4) is 0 Å². The number of rotatable bonds is 4. The molecule has 0 radical (unpaired) electrons. The van der Waals surface area contributed by atoms with Gasteiger partial charge in [0.25, 0.3) is 0 Å². The molecule has 100 valence electrons. The molecule has 2 nitrogen and oxygen atoms in total. The molecule has 2 aromatic carbocycles. The average molecular weight is 345 g/mol. The molecule has 0 aromatic heterocycles. The van der Waals surface area contributed by atoms with Crippen LogP contribution >= 0.6 is 27.5 Å². The van der Waals surface area contributed by atoms with Crippen LogP contribution in [0.15, 0.2) is 40.9 Å². The Kier molecular flexibility index (Phi) is 4.80. The van der Waals surface area contributed by atoms with Crippen LogP contribution in [0.2, 0.25) is 5.02 Å². The molecule has 0 spiro atoms. The highest BCUT2D eigenvalue weighted by Crippen LogP contribution is 2.27. The van der Waals surface area contributed by atoms with Crippen molar-refractivity contribution in [2.75, 3.05) is 0 Å². The molecule has 0 saturated heterocycles. The molecule has 0 unspecified atom stereocenters. The SMILES string of the molecule is NCc1ccc(OCc2cc(Br)ccc2F)c(Cl)c1. The zero-order chi connectivity index (χ0) is 13.8. The van der Waals surface area contributed by atoms with Crippen molar-refractivity contribution in [1.29, 1.82) is 0 Å². The quantitative estimate of drug-likeness (QED) is 0.898. The van der Waals surface area contributed by atoms with E-state index < -0.39 is 0 Å². The first-order valence-corrected chi connectivity index (χ1v) is 6.82. The lowest BCUT2D eigenvalue weighted by Crippen LogP contribution is -2.00. The van der Waals surface area contributed by atoms with Crippen LogP contribution in [0.25, 0.3) is 0 Å². The van der Waals surface area contributed by atoms with Gasteiger partial charge < -0.3 is 10.5 Å². The van der Waals surface area contributed by atoms with Gasteiger partial charge in [0.2, 0.25) is 0 Å². The van der Waals surface area contributed by atoms with Gasteiger partial charge in [-0.15, -0.1) is 0 Å². The average Bonchev–Trinajstić information content (AvgIpc) is 2.40. The number of benzene rings is 2. The van der Waals surface area contributed by atoms with Crippen molar-refractivity contribution in [3.05, 3.63) is 62.8 Å². The van der Waals surface area contributed by atoms with Gasteiger partial charge in [-0.3, -0.25) is 0 Å². The second-order valence-corrected chi connectivity index (χ2v) is 5.32. The summed E-state index contributed by atoms with van der Waals surface area (Å²) in [7, 11) is 0. The Bertz CT molecular complexity index is 592. The number of halogens is 3. The Hall–Kier alpha value is -1.10. The molecule has 0 fully saturated rings. The maximum atomic E-state index is 13.5. The van der Waals surface area contributed by atoms with Crippen LogP contribution < -0.4 is 10.5 Å². The van der Waals surface area contributed by atoms with Gasteiger partial charge >= 0.3 is 0 Å². The van der Waals surface area contributed by atoms with E-state index in [1.54, 1.807) is 24.3 Å². The summed E-state index contributed by atoms with van der Waals surface area (Å²) >= 11 is 9.36. The Labute approximate surface area is 124 Å². The van der Waals surface area contributed by atoms with Gasteiger partial charge in [-0.05, 0) is 35.9 Å². The molecule has 0 aliphatic rings. The summed E-state index contributed by atoms with van der Waals surface area (Å²) in [4.78, 5) is 0. The minimum Gasteiger partial charge on any atom is -0.487 e. The second kappa shape index (κ2) is 6.37. The first-order chi connectivity index (χ1) is 9.10. The lowest BCUT2D eigenvalue weighted by Gasteiger charge is -2.10. The van der Waals surface area contributed by atoms with E-state index in [0.29, 0.717) is 22.9 Å². The van der Waals surface area contributed by atoms with Crippen LogP contribution in [0.5, 0.6) is 5.75 Å². The topological polar surface area (TPSA) is 35.2 Å². The molecule has 2 N–H and O–H groups in total. The molecule has 0 aliphatic heterocycles. The molecule has 0 amide bonds. The molecule has 0 aliphatic carbocycles. The van der Waals surface area contributed by atoms with Crippen LogP contribution in [0.1, 0.15) is 11.1 Å². The van der Waals surface area contributed by atoms with E-state index in [4.69, 9.17) is 22.1 Å². The Balaban J connectivity index is 2.12. The van der Waals surface area contributed by atoms with E-state index in [0.717, 1.165) is 10.0 Å². The summed E-state index contributed by atoms with van der Waals surface area (Å²) in [5.74, 6) is 0.205. The fraction of sp³-hybridized carbons (Fsp3) is 0.143. The Morgan fingerprint density at radius 1 is 1.21 bits per heavy atom. The van der Waals surface area contributed by atoms with Crippen LogP contribution in [-0.2, 0) is 13.2 Å². The van der Waals surface area contributed by atoms with Crippen molar-refractivity contribution in [3.63, 3.8) is 0 Å². The zero-order valence-corrected chi connectivity index (χ0v) is 12.3. The van der Waals surface area contributed by atoms with Crippen LogP contribution in [0, 0.1) is 5.82 Å². The third-order valence-corrected chi connectivity index (χ3v) is 3.41. The highest BCUT2D eigenvalue weighted by atomic mass is 79.9. The summed E-state index contributed by atoms with van der Waals surface area (Å²) in [6.45, 7) is 0.535. The summed E-state index contributed by atoms with van der Waals surface area (Å²) in [6, 6.07) is 10.0. The van der Waals surface area contributed by atoms with Gasteiger partial charge in [0.05, 0.1) is 5.02 Å². The maximum absolute atomic E-state index is 13.5. The van der Waals surface area contributed by atoms with Gasteiger partial charge in [-0.25, -0.2) is 4.39 Å². The minimum absolute atomic E-state index is 0.118. The zero-order valence-electron chi connectivity index (χ0n) is 10.00. The fourth-order valence-electron chi connectivity index (χ4n) is 1.60. The lowest BCUT2D eigenvalue weighted by molar-refractivity contribution is 0.300. The molecule has 19 heavy (non-hydrogen) atoms. The van der Waals surface area contributed by atoms with Gasteiger partial charge in [0.15, 0.2) is 0 Å². The van der Waals surface area contributed by atoms with Gasteiger partial charge in [-0.1, -0.05) is 33.6 Å². The molecule has 0 bridgehead atoms. The first-order valence-electron chi connectivity index (χ1n) is 5.65. The molecule has 2 aromatic rings. The molecular formula is C14H12BrClFNO. The van der Waals surface area contributed by atoms with Crippen LogP contribution in [0.4, 0.5) is 4.39 Å². The third-order valence-electron chi connectivity index (χ3n) is 2.62. The van der Waals surface area contributed by atoms with E-state index in [1.807, 2.05) is 6.07 Å². The van der Waals surface area contributed by atoms with Gasteiger partial charge in [0, 0.05) is 16.6 Å². The predicted molar refractivity (Wildman–Crippen MR) is 77.8 cm³/mol. The monoisotopic (exact) mass is 343 g/mol. The largest absolute Gasteiger partial charge is 0.487 e. The van der Waals surface area contributed by atoms with Crippen LogP contribution in [-0.4, -0.2) is 0 Å². The van der Waals surface area contributed by atoms with Crippen molar-refractivity contribution in [1.82, 2.24) is 0 Å². The van der Waals surface area contributed by atoms with E-state index >= 15 is 0 Å². The summed E-state index contributed by atoms with van der Waals surface area (Å²) in [6.07, 6.45) is 0.